The first-order chi connectivity index (χ1) is 12.5. The fourth-order valence-electron chi connectivity index (χ4n) is 4.58. The van der Waals surface area contributed by atoms with Crippen LogP contribution in [0.5, 0.6) is 0 Å². The Kier molecular flexibility index (Phi) is 5.51. The molecule has 4 atom stereocenters. The summed E-state index contributed by atoms with van der Waals surface area (Å²) in [7, 11) is 2.06. The molecule has 2 unspecified atom stereocenters. The predicted molar refractivity (Wildman–Crippen MR) is 112 cm³/mol. The molecule has 2 heterocycles. The van der Waals surface area contributed by atoms with Crippen molar-refractivity contribution in [2.75, 3.05) is 18.5 Å². The zero-order valence-corrected chi connectivity index (χ0v) is 18.4. The maximum atomic E-state index is 11.1. The molecule has 2 aliphatic rings. The van der Waals surface area contributed by atoms with E-state index in [2.05, 4.69) is 53.9 Å². The molecule has 5 nitrogen and oxygen atoms in total. The summed E-state index contributed by atoms with van der Waals surface area (Å²) >= 11 is 3.55. The Morgan fingerprint density at radius 2 is 2.04 bits per heavy atom. The Balaban J connectivity index is 2.15. The van der Waals surface area contributed by atoms with Gasteiger partial charge in [0.05, 0.1) is 11.8 Å². The van der Waals surface area contributed by atoms with Gasteiger partial charge in [-0.3, -0.25) is 4.90 Å². The quantitative estimate of drug-likeness (QED) is 0.616. The minimum atomic E-state index is -1.41. The summed E-state index contributed by atoms with van der Waals surface area (Å²) in [5.41, 5.74) is 1.82. The van der Waals surface area contributed by atoms with Gasteiger partial charge in [-0.25, -0.2) is 0 Å². The molecule has 0 bridgehead atoms. The van der Waals surface area contributed by atoms with E-state index in [1.54, 1.807) is 0 Å². The average molecular weight is 439 g/mol. The third kappa shape index (κ3) is 3.47. The molecule has 0 saturated carbocycles. The number of likely N-dealkylation sites (tertiary alicyclic amines) is 1. The summed E-state index contributed by atoms with van der Waals surface area (Å²) in [4.78, 5) is 4.14. The summed E-state index contributed by atoms with van der Waals surface area (Å²) in [6, 6.07) is 6.18. The van der Waals surface area contributed by atoms with E-state index in [4.69, 9.17) is 0 Å². The highest BCUT2D eigenvalue weighted by molar-refractivity contribution is 9.10. The van der Waals surface area contributed by atoms with Crippen LogP contribution in [0.25, 0.3) is 0 Å². The van der Waals surface area contributed by atoms with Gasteiger partial charge in [-0.2, -0.15) is 0 Å². The van der Waals surface area contributed by atoms with Crippen molar-refractivity contribution in [3.63, 3.8) is 0 Å². The number of likely N-dealkylation sites (N-methyl/N-ethyl adjacent to an activating group) is 1. The summed E-state index contributed by atoms with van der Waals surface area (Å²) in [6.07, 6.45) is 1.54. The summed E-state index contributed by atoms with van der Waals surface area (Å²) < 4.78 is 0.927. The van der Waals surface area contributed by atoms with Gasteiger partial charge in [0, 0.05) is 22.1 Å². The minimum Gasteiger partial charge on any atom is -0.388 e. The van der Waals surface area contributed by atoms with E-state index >= 15 is 0 Å². The highest BCUT2D eigenvalue weighted by Crippen LogP contribution is 2.55. The number of hydrogen-bond donors (Lipinski definition) is 3. The molecule has 1 saturated heterocycles. The second kappa shape index (κ2) is 7.16. The van der Waals surface area contributed by atoms with Crippen LogP contribution >= 0.6 is 15.9 Å². The van der Waals surface area contributed by atoms with Crippen molar-refractivity contribution in [3.05, 3.63) is 39.9 Å². The molecule has 0 spiro atoms. The maximum absolute atomic E-state index is 11.1. The molecule has 1 aromatic carbocycles. The molecule has 2 aliphatic heterocycles. The number of rotatable bonds is 5. The van der Waals surface area contributed by atoms with Crippen LogP contribution in [0.1, 0.15) is 46.1 Å². The zero-order chi connectivity index (χ0) is 20.1. The van der Waals surface area contributed by atoms with Crippen molar-refractivity contribution < 1.29 is 15.3 Å². The summed E-state index contributed by atoms with van der Waals surface area (Å²) in [6.45, 7) is 8.17. The lowest BCUT2D eigenvalue weighted by atomic mass is 9.76. The van der Waals surface area contributed by atoms with Crippen LogP contribution in [0.2, 0.25) is 0 Å². The van der Waals surface area contributed by atoms with Gasteiger partial charge in [0.2, 0.25) is 0 Å². The maximum Gasteiger partial charge on any atom is 0.157 e. The van der Waals surface area contributed by atoms with Crippen molar-refractivity contribution in [1.29, 1.82) is 0 Å². The van der Waals surface area contributed by atoms with Crippen LogP contribution in [0, 0.1) is 0 Å². The van der Waals surface area contributed by atoms with Crippen molar-refractivity contribution in [2.45, 2.75) is 70.1 Å². The number of fused-ring (bicyclic) bond motifs is 3. The number of allylic oxidation sites excluding steroid dienone is 2. The molecule has 0 radical (unpaired) electrons. The van der Waals surface area contributed by atoms with Crippen LogP contribution < -0.4 is 4.90 Å². The molecular formula is C21H31BrN2O3. The number of benzene rings is 1. The zero-order valence-electron chi connectivity index (χ0n) is 16.8. The lowest BCUT2D eigenvalue weighted by Gasteiger charge is -2.42. The average Bonchev–Trinajstić information content (AvgIpc) is 3.04. The van der Waals surface area contributed by atoms with Gasteiger partial charge < -0.3 is 20.2 Å². The minimum absolute atomic E-state index is 0.0793. The third-order valence-corrected chi connectivity index (χ3v) is 6.52. The third-order valence-electron chi connectivity index (χ3n) is 6.03. The molecule has 27 heavy (non-hydrogen) atoms. The lowest BCUT2D eigenvalue weighted by Crippen LogP contribution is -2.59. The molecule has 1 aromatic rings. The van der Waals surface area contributed by atoms with E-state index in [0.29, 0.717) is 0 Å². The molecule has 0 aliphatic carbocycles. The molecule has 1 fully saturated rings. The summed E-state index contributed by atoms with van der Waals surface area (Å²) in [5, 5.41) is 32.0. The Bertz CT molecular complexity index is 741. The summed E-state index contributed by atoms with van der Waals surface area (Å²) in [5.74, 6) is 0. The Morgan fingerprint density at radius 1 is 1.37 bits per heavy atom. The molecule has 150 valence electrons. The van der Waals surface area contributed by atoms with Crippen molar-refractivity contribution in [3.8, 4) is 0 Å². The molecule has 3 N–H and O–H groups in total. The van der Waals surface area contributed by atoms with E-state index in [1.165, 1.54) is 25.0 Å². The normalized spacial score (nSPS) is 27.3. The Hall–Kier alpha value is -0.920. The number of anilines is 1. The molecule has 3 rings (SSSR count). The number of aliphatic hydroxyl groups is 3. The molecule has 0 amide bonds. The molecular weight excluding hydrogens is 408 g/mol. The number of hydrogen-bond acceptors (Lipinski definition) is 5. The first-order valence-corrected chi connectivity index (χ1v) is 10.3. The van der Waals surface area contributed by atoms with Gasteiger partial charge in [-0.05, 0) is 65.3 Å². The van der Waals surface area contributed by atoms with Crippen LogP contribution in [0.15, 0.2) is 34.3 Å². The molecule has 6 heteroatoms. The van der Waals surface area contributed by atoms with E-state index < -0.39 is 17.9 Å². The number of aliphatic hydroxyl groups excluding tert-OH is 2. The monoisotopic (exact) mass is 438 g/mol. The van der Waals surface area contributed by atoms with E-state index in [-0.39, 0.29) is 11.6 Å². The van der Waals surface area contributed by atoms with Crippen molar-refractivity contribution >= 4 is 21.6 Å². The van der Waals surface area contributed by atoms with Crippen LogP contribution in [0.4, 0.5) is 5.69 Å². The Labute approximate surface area is 170 Å². The van der Waals surface area contributed by atoms with Crippen LogP contribution in [-0.2, 0) is 5.41 Å². The smallest absolute Gasteiger partial charge is 0.157 e. The second-order valence-electron chi connectivity index (χ2n) is 8.83. The van der Waals surface area contributed by atoms with Crippen molar-refractivity contribution in [2.24, 2.45) is 0 Å². The van der Waals surface area contributed by atoms with E-state index in [0.717, 1.165) is 29.5 Å². The topological polar surface area (TPSA) is 67.2 Å². The van der Waals surface area contributed by atoms with Crippen LogP contribution in [-0.4, -0.2) is 57.9 Å². The number of nitrogens with zero attached hydrogens (tertiary/aromatic N) is 2. The SMILES string of the molecule is CC(C)=CC[C@@]12CCN(C)[C@@H]1N(C(O)C(O)C(C)(C)O)c1cc(Br)ccc12. The van der Waals surface area contributed by atoms with E-state index in [1.807, 2.05) is 17.0 Å². The number of halogens is 1. The first kappa shape index (κ1) is 20.8. The van der Waals surface area contributed by atoms with Gasteiger partial charge in [0.25, 0.3) is 0 Å². The largest absolute Gasteiger partial charge is 0.388 e. The standard InChI is InChI=1S/C21H31BrN2O3/c1-13(2)8-9-21-10-11-23(5)19(21)24(18(26)17(25)20(3,4)27)16-12-14(22)6-7-15(16)21/h6-8,12,17-19,25-27H,9-11H2,1-5H3/t17?,18?,19-,21+/m1/s1. The first-order valence-electron chi connectivity index (χ1n) is 9.49. The van der Waals surface area contributed by atoms with Gasteiger partial charge >= 0.3 is 0 Å². The highest BCUT2D eigenvalue weighted by atomic mass is 79.9. The highest BCUT2D eigenvalue weighted by Gasteiger charge is 2.58. The van der Waals surface area contributed by atoms with Crippen LogP contribution in [0.3, 0.4) is 0 Å². The lowest BCUT2D eigenvalue weighted by molar-refractivity contribution is -0.110. The van der Waals surface area contributed by atoms with Gasteiger partial charge in [-0.15, -0.1) is 0 Å². The van der Waals surface area contributed by atoms with Gasteiger partial charge in [0.1, 0.15) is 6.10 Å². The van der Waals surface area contributed by atoms with Gasteiger partial charge in [0.15, 0.2) is 6.23 Å². The fourth-order valence-corrected chi connectivity index (χ4v) is 4.93. The predicted octanol–water partition coefficient (Wildman–Crippen LogP) is 2.98. The Morgan fingerprint density at radius 3 is 2.63 bits per heavy atom. The van der Waals surface area contributed by atoms with E-state index in [9.17, 15) is 15.3 Å². The second-order valence-corrected chi connectivity index (χ2v) is 9.74. The fraction of sp³-hybridized carbons (Fsp3) is 0.619. The van der Waals surface area contributed by atoms with Crippen molar-refractivity contribution in [1.82, 2.24) is 4.90 Å². The molecule has 0 aromatic heterocycles. The van der Waals surface area contributed by atoms with Gasteiger partial charge in [-0.1, -0.05) is 33.6 Å².